The van der Waals surface area contributed by atoms with Crippen molar-refractivity contribution >= 4 is 11.4 Å². The predicted molar refractivity (Wildman–Crippen MR) is 77.3 cm³/mol. The third-order valence-electron chi connectivity index (χ3n) is 3.06. The van der Waals surface area contributed by atoms with E-state index in [9.17, 15) is 19.7 Å². The normalized spacial score (nSPS) is 10.4. The molecule has 1 N–H and O–H groups in total. The van der Waals surface area contributed by atoms with Crippen LogP contribution in [0.5, 0.6) is 0 Å². The second kappa shape index (κ2) is 5.61. The Morgan fingerprint density at radius 1 is 1.29 bits per heavy atom. The number of non-ortho nitro benzene ring substituents is 1. The van der Waals surface area contributed by atoms with Crippen LogP contribution in [-0.2, 0) is 20.6 Å². The van der Waals surface area contributed by atoms with Crippen LogP contribution in [0.15, 0.2) is 40.1 Å². The first-order valence-corrected chi connectivity index (χ1v) is 6.14. The first kappa shape index (κ1) is 14.5. The van der Waals surface area contributed by atoms with Gasteiger partial charge in [0.2, 0.25) is 0 Å². The minimum absolute atomic E-state index is 0.0339. The molecule has 0 saturated carbocycles. The molecule has 0 atom stereocenters. The van der Waals surface area contributed by atoms with Crippen molar-refractivity contribution in [2.45, 2.75) is 6.54 Å². The van der Waals surface area contributed by atoms with Crippen molar-refractivity contribution in [3.63, 3.8) is 0 Å². The second-order valence-electron chi connectivity index (χ2n) is 4.57. The van der Waals surface area contributed by atoms with Gasteiger partial charge in [-0.05, 0) is 6.07 Å². The summed E-state index contributed by atoms with van der Waals surface area (Å²) in [5.41, 5.74) is 0.0923. The molecular weight excluding hydrogens is 276 g/mol. The van der Waals surface area contributed by atoms with Crippen molar-refractivity contribution in [2.24, 2.45) is 14.1 Å². The van der Waals surface area contributed by atoms with Crippen LogP contribution >= 0.6 is 0 Å². The summed E-state index contributed by atoms with van der Waals surface area (Å²) >= 11 is 0. The highest BCUT2D eigenvalue weighted by Crippen LogP contribution is 2.17. The first-order chi connectivity index (χ1) is 9.90. The van der Waals surface area contributed by atoms with Gasteiger partial charge >= 0.3 is 5.69 Å². The van der Waals surface area contributed by atoms with Gasteiger partial charge in [0.1, 0.15) is 0 Å². The fourth-order valence-electron chi connectivity index (χ4n) is 1.93. The Balaban J connectivity index is 2.25. The molecule has 1 heterocycles. The largest absolute Gasteiger partial charge is 0.380 e. The number of benzene rings is 1. The molecule has 1 aromatic carbocycles. The van der Waals surface area contributed by atoms with Crippen molar-refractivity contribution in [3.8, 4) is 0 Å². The van der Waals surface area contributed by atoms with Gasteiger partial charge in [-0.2, -0.15) is 0 Å². The number of nitrogens with one attached hydrogen (secondary N) is 1. The average molecular weight is 290 g/mol. The van der Waals surface area contributed by atoms with E-state index in [-0.39, 0.29) is 12.2 Å². The highest BCUT2D eigenvalue weighted by atomic mass is 16.6. The van der Waals surface area contributed by atoms with Crippen LogP contribution in [0.2, 0.25) is 0 Å². The quantitative estimate of drug-likeness (QED) is 0.656. The van der Waals surface area contributed by atoms with E-state index in [1.807, 2.05) is 0 Å². The maximum absolute atomic E-state index is 11.9. The van der Waals surface area contributed by atoms with Gasteiger partial charge in [-0.25, -0.2) is 4.79 Å². The Hall–Kier alpha value is -2.90. The number of anilines is 1. The third kappa shape index (κ3) is 2.99. The van der Waals surface area contributed by atoms with Gasteiger partial charge in [-0.15, -0.1) is 0 Å². The van der Waals surface area contributed by atoms with E-state index in [0.29, 0.717) is 11.3 Å². The topological polar surface area (TPSA) is 99.2 Å². The SMILES string of the molecule is Cn1cc(CNc2cccc([N+](=O)[O-])c2)c(=O)n(C)c1=O. The molecular formula is C13H14N4O4. The summed E-state index contributed by atoms with van der Waals surface area (Å²) in [5.74, 6) is 0. The lowest BCUT2D eigenvalue weighted by atomic mass is 10.2. The summed E-state index contributed by atoms with van der Waals surface area (Å²) < 4.78 is 2.33. The molecule has 0 aliphatic heterocycles. The maximum atomic E-state index is 11.9. The number of aromatic nitrogens is 2. The lowest BCUT2D eigenvalue weighted by molar-refractivity contribution is -0.384. The lowest BCUT2D eigenvalue weighted by Gasteiger charge is -2.09. The molecule has 0 unspecified atom stereocenters. The molecule has 110 valence electrons. The molecule has 0 spiro atoms. The summed E-state index contributed by atoms with van der Waals surface area (Å²) in [5, 5.41) is 13.6. The van der Waals surface area contributed by atoms with Gasteiger partial charge in [-0.3, -0.25) is 19.5 Å². The molecule has 0 aliphatic carbocycles. The summed E-state index contributed by atoms with van der Waals surface area (Å²) in [6.45, 7) is 0.169. The van der Waals surface area contributed by atoms with Crippen LogP contribution < -0.4 is 16.6 Å². The standard InChI is InChI=1S/C13H14N4O4/c1-15-8-9(12(18)16(2)13(15)19)7-14-10-4-3-5-11(6-10)17(20)21/h3-6,8,14H,7H2,1-2H3. The number of aryl methyl sites for hydroxylation is 1. The molecule has 2 aromatic rings. The molecule has 0 aliphatic rings. The smallest absolute Gasteiger partial charge is 0.330 e. The average Bonchev–Trinajstić information content (AvgIpc) is 2.47. The van der Waals surface area contributed by atoms with E-state index in [1.54, 1.807) is 19.2 Å². The molecule has 8 nitrogen and oxygen atoms in total. The van der Waals surface area contributed by atoms with E-state index < -0.39 is 16.2 Å². The molecule has 21 heavy (non-hydrogen) atoms. The minimum Gasteiger partial charge on any atom is -0.380 e. The highest BCUT2D eigenvalue weighted by Gasteiger charge is 2.08. The Morgan fingerprint density at radius 2 is 2.00 bits per heavy atom. The van der Waals surface area contributed by atoms with E-state index >= 15 is 0 Å². The van der Waals surface area contributed by atoms with Crippen LogP contribution in [0.1, 0.15) is 5.56 Å². The fourth-order valence-corrected chi connectivity index (χ4v) is 1.93. The molecule has 0 radical (unpaired) electrons. The van der Waals surface area contributed by atoms with Crippen molar-refractivity contribution in [2.75, 3.05) is 5.32 Å². The van der Waals surface area contributed by atoms with Gasteiger partial charge in [-0.1, -0.05) is 6.07 Å². The number of hydrogen-bond acceptors (Lipinski definition) is 5. The molecule has 0 saturated heterocycles. The van der Waals surface area contributed by atoms with Crippen molar-refractivity contribution in [1.82, 2.24) is 9.13 Å². The summed E-state index contributed by atoms with van der Waals surface area (Å²) in [6, 6.07) is 5.99. The number of rotatable bonds is 4. The van der Waals surface area contributed by atoms with E-state index in [1.165, 1.54) is 29.9 Å². The summed E-state index contributed by atoms with van der Waals surface area (Å²) in [6.07, 6.45) is 1.45. The van der Waals surface area contributed by atoms with Crippen LogP contribution in [0.25, 0.3) is 0 Å². The van der Waals surface area contributed by atoms with E-state index in [4.69, 9.17) is 0 Å². The maximum Gasteiger partial charge on any atom is 0.330 e. The molecule has 1 aromatic heterocycles. The lowest BCUT2D eigenvalue weighted by Crippen LogP contribution is -2.38. The first-order valence-electron chi connectivity index (χ1n) is 6.14. The minimum atomic E-state index is -0.490. The Labute approximate surface area is 119 Å². The zero-order valence-electron chi connectivity index (χ0n) is 11.6. The number of nitrogens with zero attached hydrogens (tertiary/aromatic N) is 3. The molecule has 0 fully saturated rings. The van der Waals surface area contributed by atoms with Crippen LogP contribution in [0.3, 0.4) is 0 Å². The van der Waals surface area contributed by atoms with Crippen LogP contribution in [-0.4, -0.2) is 14.1 Å². The van der Waals surface area contributed by atoms with Gasteiger partial charge in [0, 0.05) is 44.7 Å². The zero-order valence-corrected chi connectivity index (χ0v) is 11.6. The van der Waals surface area contributed by atoms with Crippen LogP contribution in [0, 0.1) is 10.1 Å². The Kier molecular flexibility index (Phi) is 3.88. The summed E-state index contributed by atoms with van der Waals surface area (Å²) in [4.78, 5) is 33.7. The third-order valence-corrected chi connectivity index (χ3v) is 3.06. The predicted octanol–water partition coefficient (Wildman–Crippen LogP) is 0.604. The van der Waals surface area contributed by atoms with Crippen molar-refractivity contribution < 1.29 is 4.92 Å². The van der Waals surface area contributed by atoms with E-state index in [2.05, 4.69) is 5.32 Å². The Bertz CT molecular complexity index is 807. The molecule has 0 bridgehead atoms. The van der Waals surface area contributed by atoms with Gasteiger partial charge < -0.3 is 9.88 Å². The zero-order chi connectivity index (χ0) is 15.6. The van der Waals surface area contributed by atoms with E-state index in [0.717, 1.165) is 4.57 Å². The van der Waals surface area contributed by atoms with Gasteiger partial charge in [0.05, 0.1) is 10.5 Å². The number of hydrogen-bond donors (Lipinski definition) is 1. The fraction of sp³-hybridized carbons (Fsp3) is 0.231. The Morgan fingerprint density at radius 3 is 2.67 bits per heavy atom. The van der Waals surface area contributed by atoms with Crippen molar-refractivity contribution in [1.29, 1.82) is 0 Å². The molecule has 2 rings (SSSR count). The van der Waals surface area contributed by atoms with Gasteiger partial charge in [0.25, 0.3) is 11.2 Å². The number of nitro benzene ring substituents is 1. The second-order valence-corrected chi connectivity index (χ2v) is 4.57. The highest BCUT2D eigenvalue weighted by molar-refractivity contribution is 5.51. The molecule has 0 amide bonds. The van der Waals surface area contributed by atoms with Crippen LogP contribution in [0.4, 0.5) is 11.4 Å². The summed E-state index contributed by atoms with van der Waals surface area (Å²) in [7, 11) is 2.96. The number of nitro groups is 1. The molecule has 8 heteroatoms. The monoisotopic (exact) mass is 290 g/mol. The van der Waals surface area contributed by atoms with Gasteiger partial charge in [0.15, 0.2) is 0 Å². The van der Waals surface area contributed by atoms with Crippen molar-refractivity contribution in [3.05, 3.63) is 67.0 Å².